The summed E-state index contributed by atoms with van der Waals surface area (Å²) in [6.45, 7) is 3.19. The van der Waals surface area contributed by atoms with Gasteiger partial charge in [0.15, 0.2) is 11.0 Å². The lowest BCUT2D eigenvalue weighted by Gasteiger charge is -2.16. The van der Waals surface area contributed by atoms with E-state index in [1.165, 1.54) is 11.8 Å². The number of anilines is 1. The normalized spacial score (nSPS) is 16.5. The molecule has 1 saturated heterocycles. The van der Waals surface area contributed by atoms with Crippen molar-refractivity contribution in [3.63, 3.8) is 0 Å². The highest BCUT2D eigenvalue weighted by molar-refractivity contribution is 8.00. The third-order valence-electron chi connectivity index (χ3n) is 5.91. The van der Waals surface area contributed by atoms with Crippen LogP contribution in [0.2, 0.25) is 0 Å². The highest BCUT2D eigenvalue weighted by atomic mass is 32.2. The Kier molecular flexibility index (Phi) is 6.60. The molecule has 2 atom stereocenters. The number of carbonyl (C=O) groups excluding carboxylic acids is 1. The second-order valence-corrected chi connectivity index (χ2v) is 9.68. The molecule has 1 amide bonds. The fraction of sp³-hybridized carbons (Fsp3) is 0.333. The number of benzene rings is 2. The lowest BCUT2D eigenvalue weighted by molar-refractivity contribution is -0.115. The van der Waals surface area contributed by atoms with Crippen LogP contribution in [0.1, 0.15) is 19.8 Å². The van der Waals surface area contributed by atoms with Gasteiger partial charge in [-0.1, -0.05) is 11.8 Å². The fourth-order valence-electron chi connectivity index (χ4n) is 4.05. The highest BCUT2D eigenvalue weighted by Gasteiger charge is 2.25. The molecule has 1 aliphatic rings. The summed E-state index contributed by atoms with van der Waals surface area (Å²) >= 11 is 1.34. The summed E-state index contributed by atoms with van der Waals surface area (Å²) in [7, 11) is 1.63. The zero-order valence-electron chi connectivity index (χ0n) is 19.4. The Morgan fingerprint density at radius 2 is 2.03 bits per heavy atom. The molecule has 10 nitrogen and oxygen atoms in total. The number of aromatic nitrogens is 5. The number of nitrogens with zero attached hydrogens (tertiary/aromatic N) is 3. The van der Waals surface area contributed by atoms with Crippen LogP contribution in [-0.2, 0) is 16.1 Å². The molecular formula is C24H26N6O4S. The van der Waals surface area contributed by atoms with Crippen molar-refractivity contribution in [1.29, 1.82) is 0 Å². The van der Waals surface area contributed by atoms with Crippen LogP contribution in [0.3, 0.4) is 0 Å². The molecule has 1 fully saturated rings. The quantitative estimate of drug-likeness (QED) is 0.320. The molecule has 0 unspecified atom stereocenters. The summed E-state index contributed by atoms with van der Waals surface area (Å²) in [5, 5.41) is 12.0. The number of carbonyl (C=O) groups is 1. The zero-order chi connectivity index (χ0) is 24.4. The van der Waals surface area contributed by atoms with Crippen LogP contribution in [-0.4, -0.2) is 55.7 Å². The molecule has 0 spiro atoms. The van der Waals surface area contributed by atoms with E-state index in [1.54, 1.807) is 25.3 Å². The average molecular weight is 495 g/mol. The molecule has 2 aromatic carbocycles. The molecular weight excluding hydrogens is 468 g/mol. The van der Waals surface area contributed by atoms with Crippen LogP contribution in [0.15, 0.2) is 52.4 Å². The second-order valence-electron chi connectivity index (χ2n) is 8.37. The molecule has 5 rings (SSSR count). The first-order valence-electron chi connectivity index (χ1n) is 11.4. The van der Waals surface area contributed by atoms with Gasteiger partial charge in [0.2, 0.25) is 5.91 Å². The van der Waals surface area contributed by atoms with Crippen LogP contribution in [0.25, 0.3) is 22.4 Å². The number of aromatic amines is 2. The maximum Gasteiger partial charge on any atom is 0.323 e. The first kappa shape index (κ1) is 23.2. The maximum atomic E-state index is 13.0. The van der Waals surface area contributed by atoms with Crippen molar-refractivity contribution < 1.29 is 14.3 Å². The molecule has 0 aliphatic carbocycles. The van der Waals surface area contributed by atoms with Gasteiger partial charge in [-0.15, -0.1) is 10.2 Å². The van der Waals surface area contributed by atoms with Crippen molar-refractivity contribution in [2.75, 3.05) is 19.0 Å². The van der Waals surface area contributed by atoms with Crippen molar-refractivity contribution >= 4 is 34.4 Å². The molecule has 182 valence electrons. The molecule has 0 radical (unpaired) electrons. The summed E-state index contributed by atoms with van der Waals surface area (Å²) in [6, 6.07) is 12.9. The maximum absolute atomic E-state index is 13.0. The Labute approximate surface area is 205 Å². The number of ether oxygens (including phenoxy) is 2. The number of methoxy groups -OCH3 is 1. The van der Waals surface area contributed by atoms with Crippen LogP contribution in [0, 0.1) is 0 Å². The third-order valence-corrected chi connectivity index (χ3v) is 6.99. The van der Waals surface area contributed by atoms with E-state index in [2.05, 4.69) is 25.5 Å². The smallest absolute Gasteiger partial charge is 0.323 e. The number of thioether (sulfide) groups is 1. The minimum atomic E-state index is -0.438. The van der Waals surface area contributed by atoms with E-state index in [0.29, 0.717) is 28.4 Å². The van der Waals surface area contributed by atoms with Gasteiger partial charge < -0.3 is 24.8 Å². The van der Waals surface area contributed by atoms with E-state index in [1.807, 2.05) is 35.8 Å². The van der Waals surface area contributed by atoms with Gasteiger partial charge in [-0.05, 0) is 62.2 Å². The summed E-state index contributed by atoms with van der Waals surface area (Å²) in [5.41, 5.74) is 2.54. The second kappa shape index (κ2) is 9.96. The highest BCUT2D eigenvalue weighted by Crippen LogP contribution is 2.30. The Morgan fingerprint density at radius 1 is 1.23 bits per heavy atom. The molecule has 11 heteroatoms. The molecule has 2 aromatic heterocycles. The van der Waals surface area contributed by atoms with E-state index >= 15 is 0 Å². The molecule has 1 aliphatic heterocycles. The third kappa shape index (κ3) is 5.10. The summed E-state index contributed by atoms with van der Waals surface area (Å²) < 4.78 is 13.2. The molecule has 35 heavy (non-hydrogen) atoms. The fourth-order valence-corrected chi connectivity index (χ4v) is 4.91. The number of amides is 1. The molecule has 4 aromatic rings. The van der Waals surface area contributed by atoms with E-state index in [4.69, 9.17) is 9.47 Å². The van der Waals surface area contributed by atoms with Crippen LogP contribution >= 0.6 is 11.8 Å². The van der Waals surface area contributed by atoms with Gasteiger partial charge in [-0.25, -0.2) is 4.79 Å². The van der Waals surface area contributed by atoms with E-state index in [9.17, 15) is 9.59 Å². The SMILES string of the molecule is COc1ccc(-c2nnc(S[C@@H](C)C(=O)Nc3ccc4[nH]c(=O)[nH]c4c3)n2C[C@@H]2CCCO2)cc1. The predicted octanol–water partition coefficient (Wildman–Crippen LogP) is 3.42. The summed E-state index contributed by atoms with van der Waals surface area (Å²) in [4.78, 5) is 29.8. The summed E-state index contributed by atoms with van der Waals surface area (Å²) in [5.74, 6) is 1.31. The van der Waals surface area contributed by atoms with Gasteiger partial charge in [0, 0.05) is 17.9 Å². The number of hydrogen-bond acceptors (Lipinski definition) is 7. The van der Waals surface area contributed by atoms with Crippen molar-refractivity contribution in [2.24, 2.45) is 0 Å². The van der Waals surface area contributed by atoms with Gasteiger partial charge in [-0.2, -0.15) is 0 Å². The molecule has 3 N–H and O–H groups in total. The number of imidazole rings is 1. The first-order valence-corrected chi connectivity index (χ1v) is 12.3. The lowest BCUT2D eigenvalue weighted by Crippen LogP contribution is -2.23. The van der Waals surface area contributed by atoms with Gasteiger partial charge in [0.25, 0.3) is 0 Å². The Morgan fingerprint density at radius 3 is 2.77 bits per heavy atom. The minimum Gasteiger partial charge on any atom is -0.497 e. The zero-order valence-corrected chi connectivity index (χ0v) is 20.2. The van der Waals surface area contributed by atoms with Crippen LogP contribution < -0.4 is 15.7 Å². The number of rotatable bonds is 8. The Hall–Kier alpha value is -3.57. The first-order chi connectivity index (χ1) is 17.0. The molecule has 0 saturated carbocycles. The Balaban J connectivity index is 1.35. The minimum absolute atomic E-state index is 0.0849. The van der Waals surface area contributed by atoms with E-state index in [-0.39, 0.29) is 17.7 Å². The predicted molar refractivity (Wildman–Crippen MR) is 134 cm³/mol. The lowest BCUT2D eigenvalue weighted by atomic mass is 10.2. The Bertz CT molecular complexity index is 1390. The van der Waals surface area contributed by atoms with Gasteiger partial charge >= 0.3 is 5.69 Å². The average Bonchev–Trinajstić information content (AvgIpc) is 3.59. The number of fused-ring (bicyclic) bond motifs is 1. The van der Waals surface area contributed by atoms with Crippen molar-refractivity contribution in [3.05, 3.63) is 52.9 Å². The largest absolute Gasteiger partial charge is 0.497 e. The monoisotopic (exact) mass is 494 g/mol. The van der Waals surface area contributed by atoms with Crippen LogP contribution in [0.5, 0.6) is 5.75 Å². The van der Waals surface area contributed by atoms with Gasteiger partial charge in [0.1, 0.15) is 5.75 Å². The topological polar surface area (TPSA) is 127 Å². The van der Waals surface area contributed by atoms with E-state index in [0.717, 1.165) is 36.6 Å². The molecule has 0 bridgehead atoms. The number of nitrogens with one attached hydrogen (secondary N) is 3. The van der Waals surface area contributed by atoms with Gasteiger partial charge in [-0.3, -0.25) is 9.36 Å². The summed E-state index contributed by atoms with van der Waals surface area (Å²) in [6.07, 6.45) is 2.09. The number of H-pyrrole nitrogens is 2. The van der Waals surface area contributed by atoms with Crippen molar-refractivity contribution in [3.8, 4) is 17.1 Å². The van der Waals surface area contributed by atoms with Crippen LogP contribution in [0.4, 0.5) is 5.69 Å². The van der Waals surface area contributed by atoms with E-state index < -0.39 is 5.25 Å². The van der Waals surface area contributed by atoms with Gasteiger partial charge in [0.05, 0.1) is 36.0 Å². The molecule has 3 heterocycles. The van der Waals surface area contributed by atoms with Crippen molar-refractivity contribution in [2.45, 2.75) is 42.8 Å². The van der Waals surface area contributed by atoms with Crippen molar-refractivity contribution in [1.82, 2.24) is 24.7 Å². The number of hydrogen-bond donors (Lipinski definition) is 3. The standard InChI is InChI=1S/C24H26N6O4S/c1-14(22(31)25-16-7-10-19-20(12-16)27-23(32)26-19)35-24-29-28-21(15-5-8-17(33-2)9-6-15)30(24)13-18-4-3-11-34-18/h5-10,12,14,18H,3-4,11,13H2,1-2H3,(H,25,31)(H2,26,27,32)/t14-,18-/m0/s1.